The molecule has 3 heterocycles. The van der Waals surface area contributed by atoms with Crippen molar-refractivity contribution < 1.29 is 4.79 Å². The van der Waals surface area contributed by atoms with Gasteiger partial charge in [0.1, 0.15) is 5.69 Å². The lowest BCUT2D eigenvalue weighted by Gasteiger charge is -2.27. The van der Waals surface area contributed by atoms with E-state index in [4.69, 9.17) is 0 Å². The van der Waals surface area contributed by atoms with Gasteiger partial charge in [-0.25, -0.2) is 0 Å². The fraction of sp³-hybridized carbons (Fsp3) is 0.333. The van der Waals surface area contributed by atoms with Gasteiger partial charge in [0.2, 0.25) is 0 Å². The molecular formula is C18H20N4O2S. The van der Waals surface area contributed by atoms with Crippen molar-refractivity contribution in [3.8, 4) is 0 Å². The predicted molar refractivity (Wildman–Crippen MR) is 97.9 cm³/mol. The predicted octanol–water partition coefficient (Wildman–Crippen LogP) is 3.06. The van der Waals surface area contributed by atoms with E-state index in [0.29, 0.717) is 10.7 Å². The molecule has 1 amide bonds. The number of amides is 1. The molecule has 0 bridgehead atoms. The van der Waals surface area contributed by atoms with Gasteiger partial charge in [-0.3, -0.25) is 19.0 Å². The van der Waals surface area contributed by atoms with Crippen molar-refractivity contribution in [2.24, 2.45) is 5.41 Å². The number of rotatable bonds is 4. The topological polar surface area (TPSA) is 76.4 Å². The number of nitrogens with zero attached hydrogens (tertiary/aromatic N) is 3. The minimum Gasteiger partial charge on any atom is -0.344 e. The molecule has 0 aromatic carbocycles. The Kier molecular flexibility index (Phi) is 4.67. The summed E-state index contributed by atoms with van der Waals surface area (Å²) in [5.74, 6) is -0.300. The minimum absolute atomic E-state index is 0.0145. The summed E-state index contributed by atoms with van der Waals surface area (Å²) in [5, 5.41) is 4.85. The lowest BCUT2D eigenvalue weighted by Crippen LogP contribution is -2.33. The number of carbonyl (C=O) groups is 1. The maximum atomic E-state index is 12.9. The number of fused-ring (bicyclic) bond motifs is 1. The van der Waals surface area contributed by atoms with Crippen LogP contribution >= 0.6 is 11.3 Å². The van der Waals surface area contributed by atoms with Crippen molar-refractivity contribution in [3.63, 3.8) is 0 Å². The quantitative estimate of drug-likeness (QED) is 0.779. The molecule has 3 rings (SSSR count). The lowest BCUT2D eigenvalue weighted by atomic mass is 9.86. The fourth-order valence-electron chi connectivity index (χ4n) is 2.70. The summed E-state index contributed by atoms with van der Waals surface area (Å²) in [5.41, 5.74) is 0.828. The second-order valence-electron chi connectivity index (χ2n) is 7.11. The van der Waals surface area contributed by atoms with E-state index in [-0.39, 0.29) is 17.4 Å². The molecule has 0 unspecified atom stereocenters. The number of thiazole rings is 1. The molecule has 6 nitrogen and oxygen atoms in total. The normalized spacial score (nSPS) is 12.9. The lowest BCUT2D eigenvalue weighted by molar-refractivity contribution is 0.0919. The molecule has 0 fully saturated rings. The van der Waals surface area contributed by atoms with Gasteiger partial charge < -0.3 is 5.32 Å². The van der Waals surface area contributed by atoms with Crippen LogP contribution in [0.15, 0.2) is 47.0 Å². The Morgan fingerprint density at radius 1 is 1.40 bits per heavy atom. The highest BCUT2D eigenvalue weighted by Crippen LogP contribution is 2.29. The van der Waals surface area contributed by atoms with Crippen LogP contribution in [0.25, 0.3) is 4.96 Å². The van der Waals surface area contributed by atoms with E-state index in [1.807, 2.05) is 12.1 Å². The van der Waals surface area contributed by atoms with Crippen LogP contribution in [0.5, 0.6) is 0 Å². The smallest absolute Gasteiger partial charge is 0.274 e. The van der Waals surface area contributed by atoms with E-state index in [9.17, 15) is 9.59 Å². The third-order valence-corrected chi connectivity index (χ3v) is 4.51. The molecule has 0 aliphatic carbocycles. The number of hydrogen-bond donors (Lipinski definition) is 1. The summed E-state index contributed by atoms with van der Waals surface area (Å²) in [6.07, 6.45) is 5.95. The summed E-state index contributed by atoms with van der Waals surface area (Å²) < 4.78 is 1.64. The number of hydrogen-bond acceptors (Lipinski definition) is 5. The highest BCUT2D eigenvalue weighted by atomic mass is 32.1. The number of aromatic nitrogens is 3. The number of pyridine rings is 1. The molecule has 3 aromatic heterocycles. The molecule has 0 radical (unpaired) electrons. The van der Waals surface area contributed by atoms with Crippen LogP contribution in [0.3, 0.4) is 0 Å². The van der Waals surface area contributed by atoms with Gasteiger partial charge >= 0.3 is 0 Å². The molecule has 0 saturated heterocycles. The van der Waals surface area contributed by atoms with E-state index in [2.05, 4.69) is 36.1 Å². The molecule has 7 heteroatoms. The van der Waals surface area contributed by atoms with Crippen LogP contribution in [-0.2, 0) is 0 Å². The van der Waals surface area contributed by atoms with Gasteiger partial charge in [0.15, 0.2) is 4.96 Å². The average molecular weight is 356 g/mol. The molecule has 3 aromatic rings. The van der Waals surface area contributed by atoms with Crippen LogP contribution in [0, 0.1) is 5.41 Å². The summed E-state index contributed by atoms with van der Waals surface area (Å²) >= 11 is 1.32. The fourth-order valence-corrected chi connectivity index (χ4v) is 3.42. The van der Waals surface area contributed by atoms with Crippen molar-refractivity contribution >= 4 is 22.2 Å². The molecule has 1 atom stereocenters. The largest absolute Gasteiger partial charge is 0.344 e. The molecule has 0 aliphatic heterocycles. The standard InChI is InChI=1S/C18H20N4O2S/c1-18(2,3)10-13(12-5-4-6-19-11-12)20-16(24)14-9-15(23)21-17-22(14)7-8-25-17/h4-9,11,13H,10H2,1-3H3,(H,20,24)/t13-/m1/s1. The zero-order chi connectivity index (χ0) is 18.0. The Labute approximate surface area is 149 Å². The van der Waals surface area contributed by atoms with Crippen LogP contribution in [0.1, 0.15) is 49.3 Å². The van der Waals surface area contributed by atoms with Gasteiger partial charge in [0.25, 0.3) is 11.5 Å². The second kappa shape index (κ2) is 6.76. The molecule has 130 valence electrons. The van der Waals surface area contributed by atoms with Gasteiger partial charge in [-0.2, -0.15) is 4.98 Å². The van der Waals surface area contributed by atoms with Crippen molar-refractivity contribution in [1.82, 2.24) is 19.7 Å². The van der Waals surface area contributed by atoms with E-state index >= 15 is 0 Å². The monoisotopic (exact) mass is 356 g/mol. The van der Waals surface area contributed by atoms with Gasteiger partial charge in [0, 0.05) is 30.0 Å². The molecular weight excluding hydrogens is 336 g/mol. The average Bonchev–Trinajstić information content (AvgIpc) is 3.01. The van der Waals surface area contributed by atoms with Crippen molar-refractivity contribution in [2.75, 3.05) is 0 Å². The first-order valence-corrected chi connectivity index (χ1v) is 8.89. The Morgan fingerprint density at radius 2 is 2.20 bits per heavy atom. The van der Waals surface area contributed by atoms with Gasteiger partial charge in [-0.05, 0) is 23.5 Å². The van der Waals surface area contributed by atoms with Gasteiger partial charge in [-0.15, -0.1) is 11.3 Å². The number of carbonyl (C=O) groups excluding carboxylic acids is 1. The third-order valence-electron chi connectivity index (χ3n) is 3.76. The second-order valence-corrected chi connectivity index (χ2v) is 7.99. The highest BCUT2D eigenvalue weighted by Gasteiger charge is 2.24. The van der Waals surface area contributed by atoms with E-state index < -0.39 is 5.56 Å². The van der Waals surface area contributed by atoms with Crippen LogP contribution < -0.4 is 10.9 Å². The Balaban J connectivity index is 1.94. The first kappa shape index (κ1) is 17.3. The molecule has 0 aliphatic rings. The first-order valence-electron chi connectivity index (χ1n) is 8.01. The Morgan fingerprint density at radius 3 is 2.88 bits per heavy atom. The van der Waals surface area contributed by atoms with E-state index in [1.54, 1.807) is 28.4 Å². The van der Waals surface area contributed by atoms with Gasteiger partial charge in [-0.1, -0.05) is 26.8 Å². The number of nitrogens with one attached hydrogen (secondary N) is 1. The zero-order valence-electron chi connectivity index (χ0n) is 14.4. The summed E-state index contributed by atoms with van der Waals surface area (Å²) in [6, 6.07) is 4.87. The summed E-state index contributed by atoms with van der Waals surface area (Å²) in [4.78, 5) is 33.2. The Hall–Kier alpha value is -2.54. The molecule has 1 N–H and O–H groups in total. The molecule has 0 saturated carbocycles. The van der Waals surface area contributed by atoms with Crippen molar-refractivity contribution in [3.05, 3.63) is 63.8 Å². The molecule has 0 spiro atoms. The Bertz CT molecular complexity index is 941. The maximum absolute atomic E-state index is 12.9. The van der Waals surface area contributed by atoms with Crippen molar-refractivity contribution in [1.29, 1.82) is 0 Å². The van der Waals surface area contributed by atoms with E-state index in [1.165, 1.54) is 17.4 Å². The first-order chi connectivity index (χ1) is 11.8. The minimum atomic E-state index is -0.415. The third kappa shape index (κ3) is 4.11. The SMILES string of the molecule is CC(C)(C)C[C@@H](NC(=O)c1cc(=O)nc2sccn12)c1cccnc1. The zero-order valence-corrected chi connectivity index (χ0v) is 15.2. The molecule has 25 heavy (non-hydrogen) atoms. The van der Waals surface area contributed by atoms with Crippen LogP contribution in [0.4, 0.5) is 0 Å². The van der Waals surface area contributed by atoms with E-state index in [0.717, 1.165) is 12.0 Å². The van der Waals surface area contributed by atoms with Crippen molar-refractivity contribution in [2.45, 2.75) is 33.2 Å². The van der Waals surface area contributed by atoms with Gasteiger partial charge in [0.05, 0.1) is 6.04 Å². The van der Waals surface area contributed by atoms with Crippen LogP contribution in [0.2, 0.25) is 0 Å². The maximum Gasteiger partial charge on any atom is 0.274 e. The van der Waals surface area contributed by atoms with Crippen LogP contribution in [-0.4, -0.2) is 20.3 Å². The summed E-state index contributed by atoms with van der Waals surface area (Å²) in [7, 11) is 0. The summed E-state index contributed by atoms with van der Waals surface area (Å²) in [6.45, 7) is 6.36. The highest BCUT2D eigenvalue weighted by molar-refractivity contribution is 7.15.